The Labute approximate surface area is 183 Å². The largest absolute Gasteiger partial charge is 0.465 e. The molecule has 0 aliphatic carbocycles. The quantitative estimate of drug-likeness (QED) is 0.468. The molecule has 32 heavy (non-hydrogen) atoms. The van der Waals surface area contributed by atoms with Crippen molar-refractivity contribution in [3.63, 3.8) is 0 Å². The number of piperidine rings is 1. The molecule has 1 aliphatic rings. The van der Waals surface area contributed by atoms with Crippen LogP contribution >= 0.6 is 0 Å². The molecule has 0 bridgehead atoms. The first-order valence-corrected chi connectivity index (χ1v) is 10.5. The van der Waals surface area contributed by atoms with Gasteiger partial charge in [-0.25, -0.2) is 14.2 Å². The number of benzene rings is 2. The Balaban J connectivity index is 1.34. The number of methoxy groups -OCH3 is 1. The van der Waals surface area contributed by atoms with Crippen LogP contribution in [0.4, 0.5) is 4.39 Å². The smallest absolute Gasteiger partial charge is 0.337 e. The van der Waals surface area contributed by atoms with E-state index in [-0.39, 0.29) is 11.9 Å². The number of likely N-dealkylation sites (tertiary alicyclic amines) is 1. The van der Waals surface area contributed by atoms with Crippen LogP contribution in [0.2, 0.25) is 0 Å². The molecule has 0 saturated carbocycles. The van der Waals surface area contributed by atoms with Crippen LogP contribution in [0.15, 0.2) is 47.0 Å². The third-order valence-electron chi connectivity index (χ3n) is 5.76. The normalized spacial score (nSPS) is 17.0. The van der Waals surface area contributed by atoms with Gasteiger partial charge in [-0.2, -0.15) is 4.98 Å². The van der Waals surface area contributed by atoms with E-state index in [9.17, 15) is 9.18 Å². The van der Waals surface area contributed by atoms with Gasteiger partial charge in [0.2, 0.25) is 11.7 Å². The highest BCUT2D eigenvalue weighted by Gasteiger charge is 2.28. The van der Waals surface area contributed by atoms with Gasteiger partial charge in [-0.15, -0.1) is 0 Å². The van der Waals surface area contributed by atoms with E-state index < -0.39 is 5.97 Å². The zero-order valence-electron chi connectivity index (χ0n) is 17.5. The van der Waals surface area contributed by atoms with E-state index >= 15 is 0 Å². The Hall–Kier alpha value is -3.59. The Kier molecular flexibility index (Phi) is 5.40. The standard InChI is InChI=1S/C23H22FN5O3/c1-31-23(30)15-7-5-14(6-8-15)21-27-20(32-28-21)13-29-11-3-2-4-19(29)22-25-17-10-9-16(24)12-18(17)26-22/h5-10,12,19H,2-4,11,13H2,1H3,(H,25,26)/t19-/m1/s1. The first-order chi connectivity index (χ1) is 15.6. The summed E-state index contributed by atoms with van der Waals surface area (Å²) < 4.78 is 23.8. The number of hydrogen-bond acceptors (Lipinski definition) is 7. The number of H-pyrrole nitrogens is 1. The van der Waals surface area contributed by atoms with Gasteiger partial charge in [0.25, 0.3) is 0 Å². The third kappa shape index (κ3) is 3.99. The maximum absolute atomic E-state index is 13.6. The van der Waals surface area contributed by atoms with Gasteiger partial charge in [-0.1, -0.05) is 23.7 Å². The van der Waals surface area contributed by atoms with Crippen LogP contribution in [0.1, 0.15) is 47.4 Å². The van der Waals surface area contributed by atoms with Crippen LogP contribution in [0.5, 0.6) is 0 Å². The summed E-state index contributed by atoms with van der Waals surface area (Å²) in [6, 6.07) is 11.5. The minimum atomic E-state index is -0.394. The van der Waals surface area contributed by atoms with Gasteiger partial charge >= 0.3 is 5.97 Å². The van der Waals surface area contributed by atoms with Crippen LogP contribution in [-0.2, 0) is 11.3 Å². The fourth-order valence-corrected chi connectivity index (χ4v) is 4.13. The summed E-state index contributed by atoms with van der Waals surface area (Å²) in [4.78, 5) is 26.4. The minimum absolute atomic E-state index is 0.0638. The average Bonchev–Trinajstić information content (AvgIpc) is 3.46. The lowest BCUT2D eigenvalue weighted by atomic mass is 10.0. The van der Waals surface area contributed by atoms with E-state index in [4.69, 9.17) is 9.26 Å². The second kappa shape index (κ2) is 8.51. The number of hydrogen-bond donors (Lipinski definition) is 1. The van der Waals surface area contributed by atoms with Crippen molar-refractivity contribution < 1.29 is 18.4 Å². The second-order valence-electron chi connectivity index (χ2n) is 7.85. The van der Waals surface area contributed by atoms with Crippen LogP contribution in [0.25, 0.3) is 22.4 Å². The number of halogens is 1. The zero-order chi connectivity index (χ0) is 22.1. The highest BCUT2D eigenvalue weighted by Crippen LogP contribution is 2.32. The molecular formula is C23H22FN5O3. The molecular weight excluding hydrogens is 413 g/mol. The molecule has 1 aliphatic heterocycles. The summed E-state index contributed by atoms with van der Waals surface area (Å²) in [5.41, 5.74) is 2.66. The van der Waals surface area contributed by atoms with Crippen LogP contribution in [0, 0.1) is 5.82 Å². The number of carbonyl (C=O) groups excluding carboxylic acids is 1. The molecule has 0 radical (unpaired) electrons. The van der Waals surface area contributed by atoms with Crippen molar-refractivity contribution in [2.45, 2.75) is 31.8 Å². The van der Waals surface area contributed by atoms with E-state index in [1.54, 1.807) is 30.3 Å². The fraction of sp³-hybridized carbons (Fsp3) is 0.304. The van der Waals surface area contributed by atoms with Crippen molar-refractivity contribution in [3.8, 4) is 11.4 Å². The van der Waals surface area contributed by atoms with Gasteiger partial charge in [0.05, 0.1) is 36.3 Å². The van der Waals surface area contributed by atoms with Crippen molar-refractivity contribution in [2.75, 3.05) is 13.7 Å². The van der Waals surface area contributed by atoms with Gasteiger partial charge in [0, 0.05) is 5.56 Å². The monoisotopic (exact) mass is 435 g/mol. The molecule has 8 nitrogen and oxygen atoms in total. The Morgan fingerprint density at radius 1 is 1.22 bits per heavy atom. The summed E-state index contributed by atoms with van der Waals surface area (Å²) in [5, 5.41) is 4.09. The molecule has 4 aromatic rings. The van der Waals surface area contributed by atoms with Crippen molar-refractivity contribution in [3.05, 3.63) is 65.6 Å². The molecule has 3 heterocycles. The van der Waals surface area contributed by atoms with Crippen molar-refractivity contribution in [2.24, 2.45) is 0 Å². The molecule has 1 fully saturated rings. The highest BCUT2D eigenvalue weighted by molar-refractivity contribution is 5.89. The van der Waals surface area contributed by atoms with E-state index in [1.807, 2.05) is 0 Å². The summed E-state index contributed by atoms with van der Waals surface area (Å²) in [6.45, 7) is 1.37. The van der Waals surface area contributed by atoms with Gasteiger partial charge in [0.1, 0.15) is 11.6 Å². The number of nitrogens with one attached hydrogen (secondary N) is 1. The maximum atomic E-state index is 13.6. The van der Waals surface area contributed by atoms with Crippen molar-refractivity contribution in [1.29, 1.82) is 0 Å². The van der Waals surface area contributed by atoms with Gasteiger partial charge < -0.3 is 14.2 Å². The molecule has 0 amide bonds. The maximum Gasteiger partial charge on any atom is 0.337 e. The predicted octanol–water partition coefficient (Wildman–Crippen LogP) is 4.27. The molecule has 0 spiro atoms. The fourth-order valence-electron chi connectivity index (χ4n) is 4.13. The number of rotatable bonds is 5. The number of nitrogens with zero attached hydrogens (tertiary/aromatic N) is 4. The second-order valence-corrected chi connectivity index (χ2v) is 7.85. The van der Waals surface area contributed by atoms with E-state index in [0.717, 1.165) is 42.7 Å². The zero-order valence-corrected chi connectivity index (χ0v) is 17.5. The Morgan fingerprint density at radius 3 is 2.88 bits per heavy atom. The molecule has 2 aromatic heterocycles. The van der Waals surface area contributed by atoms with Crippen LogP contribution < -0.4 is 0 Å². The lowest BCUT2D eigenvalue weighted by Gasteiger charge is -2.33. The first-order valence-electron chi connectivity index (χ1n) is 10.5. The number of aromatic amines is 1. The Morgan fingerprint density at radius 2 is 2.06 bits per heavy atom. The molecule has 164 valence electrons. The number of imidazole rings is 1. The van der Waals surface area contributed by atoms with E-state index in [0.29, 0.717) is 29.3 Å². The molecule has 9 heteroatoms. The molecule has 1 N–H and O–H groups in total. The van der Waals surface area contributed by atoms with Crippen molar-refractivity contribution in [1.82, 2.24) is 25.0 Å². The molecule has 0 unspecified atom stereocenters. The van der Waals surface area contributed by atoms with Gasteiger partial charge in [-0.3, -0.25) is 4.90 Å². The molecule has 5 rings (SSSR count). The minimum Gasteiger partial charge on any atom is -0.465 e. The summed E-state index contributed by atoms with van der Waals surface area (Å²) in [5.74, 6) is 1.11. The SMILES string of the molecule is COC(=O)c1ccc(-c2noc(CN3CCCC[C@@H]3c3nc4ccc(F)cc4[nH]3)n2)cc1. The predicted molar refractivity (Wildman–Crippen MR) is 114 cm³/mol. The van der Waals surface area contributed by atoms with Crippen LogP contribution in [0.3, 0.4) is 0 Å². The highest BCUT2D eigenvalue weighted by atomic mass is 19.1. The number of ether oxygens (including phenoxy) is 1. The topological polar surface area (TPSA) is 97.1 Å². The number of fused-ring (bicyclic) bond motifs is 1. The molecule has 1 saturated heterocycles. The summed E-state index contributed by atoms with van der Waals surface area (Å²) in [7, 11) is 1.35. The number of aromatic nitrogens is 4. The Bertz CT molecular complexity index is 1250. The molecule has 1 atom stereocenters. The summed E-state index contributed by atoms with van der Waals surface area (Å²) in [6.07, 6.45) is 3.10. The number of esters is 1. The lowest BCUT2D eigenvalue weighted by molar-refractivity contribution is 0.0600. The first kappa shape index (κ1) is 20.3. The average molecular weight is 435 g/mol. The van der Waals surface area contributed by atoms with Crippen molar-refractivity contribution >= 4 is 17.0 Å². The van der Waals surface area contributed by atoms with Gasteiger partial charge in [-0.05, 0) is 49.7 Å². The third-order valence-corrected chi connectivity index (χ3v) is 5.76. The van der Waals surface area contributed by atoms with Crippen LogP contribution in [-0.4, -0.2) is 44.6 Å². The molecule has 2 aromatic carbocycles. The van der Waals surface area contributed by atoms with E-state index in [2.05, 4.69) is 25.0 Å². The lowest BCUT2D eigenvalue weighted by Crippen LogP contribution is -2.33. The summed E-state index contributed by atoms with van der Waals surface area (Å²) >= 11 is 0. The van der Waals surface area contributed by atoms with E-state index in [1.165, 1.54) is 19.2 Å². The van der Waals surface area contributed by atoms with Gasteiger partial charge in [0.15, 0.2) is 0 Å². The number of carbonyl (C=O) groups is 1.